The highest BCUT2D eigenvalue weighted by atomic mass is 32.2. The van der Waals surface area contributed by atoms with Gasteiger partial charge in [0.1, 0.15) is 18.5 Å². The first kappa shape index (κ1) is 19.7. The summed E-state index contributed by atoms with van der Waals surface area (Å²) in [6, 6.07) is 19.2. The molecule has 29 heavy (non-hydrogen) atoms. The number of ether oxygens (including phenoxy) is 1. The van der Waals surface area contributed by atoms with Crippen molar-refractivity contribution in [1.82, 2.24) is 0 Å². The molecule has 4 nitrogen and oxygen atoms in total. The van der Waals surface area contributed by atoms with Crippen molar-refractivity contribution >= 4 is 10.1 Å². The second kappa shape index (κ2) is 7.65. The predicted molar refractivity (Wildman–Crippen MR) is 114 cm³/mol. The average Bonchev–Trinajstić information content (AvgIpc) is 3.10. The number of hydrogen-bond acceptors (Lipinski definition) is 4. The topological polar surface area (TPSA) is 52.6 Å². The second-order valence-electron chi connectivity index (χ2n) is 7.66. The van der Waals surface area contributed by atoms with Crippen molar-refractivity contribution in [1.29, 1.82) is 0 Å². The minimum absolute atomic E-state index is 0.0166. The van der Waals surface area contributed by atoms with Gasteiger partial charge in [0.2, 0.25) is 0 Å². The van der Waals surface area contributed by atoms with Gasteiger partial charge in [-0.15, -0.1) is 0 Å². The first-order chi connectivity index (χ1) is 13.8. The molecule has 0 N–H and O–H groups in total. The lowest BCUT2D eigenvalue weighted by Crippen LogP contribution is -2.23. The summed E-state index contributed by atoms with van der Waals surface area (Å²) in [6.45, 7) is 6.01. The van der Waals surface area contributed by atoms with Crippen LogP contribution in [0.15, 0.2) is 65.6 Å². The van der Waals surface area contributed by atoms with Crippen molar-refractivity contribution in [2.75, 3.05) is 6.61 Å². The van der Waals surface area contributed by atoms with Gasteiger partial charge < -0.3 is 4.74 Å². The summed E-state index contributed by atoms with van der Waals surface area (Å²) in [5.41, 5.74) is 6.55. The van der Waals surface area contributed by atoms with E-state index >= 15 is 0 Å². The molecule has 3 aromatic carbocycles. The average molecular weight is 409 g/mol. The van der Waals surface area contributed by atoms with Crippen LogP contribution in [0, 0.1) is 20.8 Å². The van der Waals surface area contributed by atoms with Crippen LogP contribution in [-0.4, -0.2) is 21.1 Å². The first-order valence-electron chi connectivity index (χ1n) is 9.65. The summed E-state index contributed by atoms with van der Waals surface area (Å²) in [5, 5.41) is 0. The third-order valence-corrected chi connectivity index (χ3v) is 6.42. The van der Waals surface area contributed by atoms with E-state index in [4.69, 9.17) is 8.92 Å². The number of rotatable bonds is 5. The van der Waals surface area contributed by atoms with Gasteiger partial charge in [-0.2, -0.15) is 8.42 Å². The maximum absolute atomic E-state index is 12.5. The normalized spacial score (nSPS) is 15.8. The van der Waals surface area contributed by atoms with Gasteiger partial charge in [-0.1, -0.05) is 53.6 Å². The van der Waals surface area contributed by atoms with E-state index in [1.54, 1.807) is 24.3 Å². The fourth-order valence-corrected chi connectivity index (χ4v) is 4.51. The molecule has 3 aromatic rings. The Balaban J connectivity index is 1.52. The minimum Gasteiger partial charge on any atom is -0.487 e. The van der Waals surface area contributed by atoms with E-state index in [1.165, 1.54) is 5.56 Å². The Bertz CT molecular complexity index is 1130. The monoisotopic (exact) mass is 408 g/mol. The highest BCUT2D eigenvalue weighted by molar-refractivity contribution is 7.86. The highest BCUT2D eigenvalue weighted by Gasteiger charge is 2.28. The molecule has 0 amide bonds. The van der Waals surface area contributed by atoms with E-state index in [9.17, 15) is 8.42 Å². The largest absolute Gasteiger partial charge is 0.487 e. The molecule has 1 aliphatic heterocycles. The van der Waals surface area contributed by atoms with E-state index in [0.717, 1.165) is 33.6 Å². The fourth-order valence-electron chi connectivity index (χ4n) is 3.57. The standard InChI is InChI=1S/C24H24O4S/c1-16-4-8-19(9-5-16)23-13-18(3)12-20-14-21(28-24(20)23)15-27-29(25,26)22-10-6-17(2)7-11-22/h4-13,21H,14-15H2,1-3H3. The van der Waals surface area contributed by atoms with Crippen LogP contribution >= 0.6 is 0 Å². The molecule has 0 fully saturated rings. The number of aryl methyl sites for hydroxylation is 3. The molecule has 5 heteroatoms. The molecule has 1 heterocycles. The van der Waals surface area contributed by atoms with Crippen molar-refractivity contribution in [2.45, 2.75) is 38.2 Å². The van der Waals surface area contributed by atoms with Gasteiger partial charge in [0.15, 0.2) is 0 Å². The number of benzene rings is 3. The summed E-state index contributed by atoms with van der Waals surface area (Å²) in [6.07, 6.45) is 0.287. The Morgan fingerprint density at radius 3 is 2.17 bits per heavy atom. The lowest BCUT2D eigenvalue weighted by molar-refractivity contribution is 0.152. The van der Waals surface area contributed by atoms with E-state index in [2.05, 4.69) is 50.2 Å². The summed E-state index contributed by atoms with van der Waals surface area (Å²) < 4.78 is 36.4. The van der Waals surface area contributed by atoms with Crippen LogP contribution in [-0.2, 0) is 20.7 Å². The van der Waals surface area contributed by atoms with E-state index in [-0.39, 0.29) is 17.6 Å². The summed E-state index contributed by atoms with van der Waals surface area (Å²) >= 11 is 0. The van der Waals surface area contributed by atoms with Crippen LogP contribution in [0.25, 0.3) is 11.1 Å². The maximum atomic E-state index is 12.5. The van der Waals surface area contributed by atoms with Gasteiger partial charge in [-0.3, -0.25) is 4.18 Å². The highest BCUT2D eigenvalue weighted by Crippen LogP contribution is 2.40. The van der Waals surface area contributed by atoms with E-state index in [1.807, 2.05) is 6.92 Å². The van der Waals surface area contributed by atoms with Crippen LogP contribution < -0.4 is 4.74 Å². The van der Waals surface area contributed by atoms with Gasteiger partial charge in [0, 0.05) is 12.0 Å². The Hall–Kier alpha value is -2.63. The summed E-state index contributed by atoms with van der Waals surface area (Å²) in [4.78, 5) is 0.162. The molecular formula is C24H24O4S. The Labute approximate surface area is 172 Å². The third kappa shape index (κ3) is 4.21. The quantitative estimate of drug-likeness (QED) is 0.558. The second-order valence-corrected chi connectivity index (χ2v) is 9.28. The van der Waals surface area contributed by atoms with Crippen LogP contribution in [0.4, 0.5) is 0 Å². The van der Waals surface area contributed by atoms with Gasteiger partial charge in [0.05, 0.1) is 4.90 Å². The lowest BCUT2D eigenvalue weighted by Gasteiger charge is -2.14. The maximum Gasteiger partial charge on any atom is 0.297 e. The number of hydrogen-bond donors (Lipinski definition) is 0. The van der Waals surface area contributed by atoms with Crippen LogP contribution in [0.3, 0.4) is 0 Å². The molecule has 0 aliphatic carbocycles. The van der Waals surface area contributed by atoms with Crippen LogP contribution in [0.2, 0.25) is 0 Å². The zero-order valence-electron chi connectivity index (χ0n) is 16.8. The van der Waals surface area contributed by atoms with Crippen LogP contribution in [0.1, 0.15) is 22.3 Å². The fraction of sp³-hybridized carbons (Fsp3) is 0.250. The van der Waals surface area contributed by atoms with Crippen molar-refractivity contribution in [3.8, 4) is 16.9 Å². The molecule has 0 bridgehead atoms. The van der Waals surface area contributed by atoms with Gasteiger partial charge in [-0.25, -0.2) is 0 Å². The summed E-state index contributed by atoms with van der Waals surface area (Å²) in [7, 11) is -3.81. The third-order valence-electron chi connectivity index (χ3n) is 5.12. The zero-order valence-corrected chi connectivity index (χ0v) is 17.6. The smallest absolute Gasteiger partial charge is 0.297 e. The predicted octanol–water partition coefficient (Wildman–Crippen LogP) is 4.99. The molecule has 0 aromatic heterocycles. The molecule has 150 valence electrons. The van der Waals surface area contributed by atoms with Crippen molar-refractivity contribution in [3.05, 3.63) is 82.9 Å². The van der Waals surface area contributed by atoms with Gasteiger partial charge in [-0.05, 0) is 55.7 Å². The van der Waals surface area contributed by atoms with Crippen molar-refractivity contribution < 1.29 is 17.3 Å². The Kier molecular flexibility index (Phi) is 5.19. The molecule has 0 saturated carbocycles. The Morgan fingerprint density at radius 1 is 0.897 bits per heavy atom. The molecule has 1 aliphatic rings. The Morgan fingerprint density at radius 2 is 1.52 bits per heavy atom. The van der Waals surface area contributed by atoms with Gasteiger partial charge >= 0.3 is 0 Å². The first-order valence-corrected chi connectivity index (χ1v) is 11.1. The lowest BCUT2D eigenvalue weighted by atomic mass is 9.97. The van der Waals surface area contributed by atoms with Crippen LogP contribution in [0.5, 0.6) is 5.75 Å². The molecule has 0 radical (unpaired) electrons. The molecule has 0 saturated heterocycles. The summed E-state index contributed by atoms with van der Waals surface area (Å²) in [5.74, 6) is 0.820. The SMILES string of the molecule is Cc1ccc(-c2cc(C)cc3c2OC(COS(=O)(=O)c2ccc(C)cc2)C3)cc1. The van der Waals surface area contributed by atoms with Gasteiger partial charge in [0.25, 0.3) is 10.1 Å². The molecule has 0 spiro atoms. The van der Waals surface area contributed by atoms with E-state index < -0.39 is 10.1 Å². The molecule has 4 rings (SSSR count). The number of fused-ring (bicyclic) bond motifs is 1. The van der Waals surface area contributed by atoms with Crippen molar-refractivity contribution in [2.24, 2.45) is 0 Å². The minimum atomic E-state index is -3.81. The zero-order chi connectivity index (χ0) is 20.6. The molecule has 1 unspecified atom stereocenters. The molecule has 1 atom stereocenters. The molecular weight excluding hydrogens is 384 g/mol. The van der Waals surface area contributed by atoms with Crippen molar-refractivity contribution in [3.63, 3.8) is 0 Å². The van der Waals surface area contributed by atoms with E-state index in [0.29, 0.717) is 6.42 Å².